The van der Waals surface area contributed by atoms with Crippen LogP contribution in [0.4, 0.5) is 9.18 Å². The van der Waals surface area contributed by atoms with E-state index in [-0.39, 0.29) is 36.2 Å². The fraction of sp³-hybridized carbons (Fsp3) is 0.462. The normalized spacial score (nSPS) is 23.7. The van der Waals surface area contributed by atoms with Gasteiger partial charge in [-0.05, 0) is 99.0 Å². The van der Waals surface area contributed by atoms with Gasteiger partial charge in [0.25, 0.3) is 5.91 Å². The topological polar surface area (TPSA) is 52.7 Å². The van der Waals surface area contributed by atoms with Gasteiger partial charge in [0.1, 0.15) is 11.4 Å². The first-order chi connectivity index (χ1) is 15.9. The van der Waals surface area contributed by atoms with Crippen molar-refractivity contribution in [2.45, 2.75) is 56.5 Å². The number of carbonyl (C=O) groups is 2. The Morgan fingerprint density at radius 3 is 2.56 bits per heavy atom. The number of hydrogen-bond donors (Lipinski definition) is 1. The highest BCUT2D eigenvalue weighted by atomic mass is 35.5. The molecule has 3 amide bonds. The van der Waals surface area contributed by atoms with Crippen molar-refractivity contribution >= 4 is 35.9 Å². The molecule has 2 unspecified atom stereocenters. The number of amides is 3. The third-order valence-electron chi connectivity index (χ3n) is 7.74. The molecule has 1 aliphatic carbocycles. The number of nitrogens with one attached hydrogen (secondary N) is 1. The van der Waals surface area contributed by atoms with E-state index in [1.54, 1.807) is 6.07 Å². The van der Waals surface area contributed by atoms with E-state index in [9.17, 15) is 14.0 Å². The van der Waals surface area contributed by atoms with Crippen LogP contribution in [-0.2, 0) is 16.8 Å². The number of carbonyl (C=O) groups excluding carboxylic acids is 2. The van der Waals surface area contributed by atoms with Crippen LogP contribution in [0.2, 0.25) is 5.02 Å². The molecule has 0 bridgehead atoms. The molecule has 8 heteroatoms. The largest absolute Gasteiger partial charge is 0.325 e. The number of imide groups is 1. The quantitative estimate of drug-likeness (QED) is 0.564. The van der Waals surface area contributed by atoms with Crippen LogP contribution < -0.4 is 5.32 Å². The van der Waals surface area contributed by atoms with Gasteiger partial charge in [0.2, 0.25) is 0 Å². The van der Waals surface area contributed by atoms with Gasteiger partial charge < -0.3 is 10.2 Å². The molecule has 5 rings (SSSR count). The molecule has 182 valence electrons. The molecule has 5 nitrogen and oxygen atoms in total. The van der Waals surface area contributed by atoms with E-state index in [0.29, 0.717) is 23.9 Å². The van der Waals surface area contributed by atoms with Crippen molar-refractivity contribution in [2.75, 3.05) is 19.6 Å². The summed E-state index contributed by atoms with van der Waals surface area (Å²) in [7, 11) is 0. The summed E-state index contributed by atoms with van der Waals surface area (Å²) in [5.74, 6) is 0.114. The van der Waals surface area contributed by atoms with Gasteiger partial charge in [0, 0.05) is 17.6 Å². The van der Waals surface area contributed by atoms with Crippen LogP contribution in [-0.4, -0.2) is 47.4 Å². The van der Waals surface area contributed by atoms with Crippen molar-refractivity contribution in [1.82, 2.24) is 15.1 Å². The summed E-state index contributed by atoms with van der Waals surface area (Å²) in [6.07, 6.45) is 4.11. The molecule has 1 N–H and O–H groups in total. The second-order valence-corrected chi connectivity index (χ2v) is 10.0. The summed E-state index contributed by atoms with van der Waals surface area (Å²) in [5, 5.41) is 3.64. The number of benzene rings is 2. The first kappa shape index (κ1) is 25.0. The second-order valence-electron chi connectivity index (χ2n) is 9.59. The lowest BCUT2D eigenvalue weighted by molar-refractivity contribution is -0.131. The molecular formula is C26H30Cl2FN3O2. The van der Waals surface area contributed by atoms with E-state index in [4.69, 9.17) is 11.6 Å². The van der Waals surface area contributed by atoms with Crippen LogP contribution in [0.1, 0.15) is 55.2 Å². The van der Waals surface area contributed by atoms with Crippen molar-refractivity contribution in [3.05, 3.63) is 70.0 Å². The van der Waals surface area contributed by atoms with E-state index in [2.05, 4.69) is 17.1 Å². The van der Waals surface area contributed by atoms with Crippen molar-refractivity contribution in [1.29, 1.82) is 0 Å². The Bertz CT molecular complexity index is 1070. The molecular weight excluding hydrogens is 476 g/mol. The number of fused-ring (bicyclic) bond motifs is 2. The molecule has 1 spiro atoms. The number of rotatable bonds is 5. The zero-order valence-electron chi connectivity index (χ0n) is 19.2. The maximum Gasteiger partial charge on any atom is 0.325 e. The third kappa shape index (κ3) is 4.43. The molecule has 2 atom stereocenters. The number of urea groups is 1. The number of nitrogens with zero attached hydrogens (tertiary/aromatic N) is 2. The Morgan fingerprint density at radius 1 is 1.15 bits per heavy atom. The number of halogens is 3. The van der Waals surface area contributed by atoms with Gasteiger partial charge in [-0.15, -0.1) is 12.4 Å². The summed E-state index contributed by atoms with van der Waals surface area (Å²) < 4.78 is 13.2. The SMILES string of the molecule is CC(CCN1C(=O)NC2(CCc3cc(Cl)ccc32)C1=O)N1CCC(c2ccc(F)cc2)CC1.Cl. The lowest BCUT2D eigenvalue weighted by Crippen LogP contribution is -2.43. The predicted molar refractivity (Wildman–Crippen MR) is 133 cm³/mol. The molecule has 2 aromatic rings. The summed E-state index contributed by atoms with van der Waals surface area (Å²) in [6, 6.07) is 12.4. The van der Waals surface area contributed by atoms with Crippen LogP contribution in [0.5, 0.6) is 0 Å². The van der Waals surface area contributed by atoms with Crippen molar-refractivity contribution in [3.63, 3.8) is 0 Å². The number of aryl methyl sites for hydroxylation is 1. The van der Waals surface area contributed by atoms with Crippen molar-refractivity contribution in [2.24, 2.45) is 0 Å². The van der Waals surface area contributed by atoms with Crippen LogP contribution in [0.3, 0.4) is 0 Å². The van der Waals surface area contributed by atoms with Crippen LogP contribution in [0.25, 0.3) is 0 Å². The lowest BCUT2D eigenvalue weighted by Gasteiger charge is -2.36. The Kier molecular flexibility index (Phi) is 7.22. The smallest absolute Gasteiger partial charge is 0.319 e. The van der Waals surface area contributed by atoms with E-state index in [1.165, 1.54) is 22.6 Å². The summed E-state index contributed by atoms with van der Waals surface area (Å²) in [4.78, 5) is 30.0. The Morgan fingerprint density at radius 2 is 1.85 bits per heavy atom. The molecule has 0 aromatic heterocycles. The molecule has 3 aliphatic rings. The summed E-state index contributed by atoms with van der Waals surface area (Å²) in [5.41, 5.74) is 2.18. The maximum atomic E-state index is 13.4. The van der Waals surface area contributed by atoms with Gasteiger partial charge in [-0.2, -0.15) is 0 Å². The minimum Gasteiger partial charge on any atom is -0.319 e. The van der Waals surface area contributed by atoms with Crippen LogP contribution >= 0.6 is 24.0 Å². The van der Waals surface area contributed by atoms with Crippen LogP contribution in [0, 0.1) is 5.82 Å². The lowest BCUT2D eigenvalue weighted by atomic mass is 9.89. The maximum absolute atomic E-state index is 13.4. The number of hydrogen-bond acceptors (Lipinski definition) is 3. The second kappa shape index (κ2) is 9.84. The zero-order chi connectivity index (χ0) is 23.2. The van der Waals surface area contributed by atoms with Crippen molar-refractivity contribution < 1.29 is 14.0 Å². The highest BCUT2D eigenvalue weighted by Gasteiger charge is 2.55. The van der Waals surface area contributed by atoms with Gasteiger partial charge >= 0.3 is 6.03 Å². The molecule has 2 saturated heterocycles. The van der Waals surface area contributed by atoms with E-state index >= 15 is 0 Å². The van der Waals surface area contributed by atoms with Gasteiger partial charge in [-0.3, -0.25) is 9.69 Å². The standard InChI is InChI=1S/C26H29ClFN3O2.ClH/c1-17(30-13-10-19(11-14-30)18-2-5-22(28)6-3-18)9-15-31-24(32)26(29-25(31)33)12-8-20-16-21(27)4-7-23(20)26;/h2-7,16-17,19H,8-15H2,1H3,(H,29,33);1H. The number of piperidine rings is 1. The Hall–Kier alpha value is -2.15. The highest BCUT2D eigenvalue weighted by Crippen LogP contribution is 2.42. The molecule has 2 fully saturated rings. The molecule has 2 heterocycles. The monoisotopic (exact) mass is 505 g/mol. The molecule has 0 saturated carbocycles. The Labute approximate surface area is 211 Å². The van der Waals surface area contributed by atoms with Crippen LogP contribution in [0.15, 0.2) is 42.5 Å². The van der Waals surface area contributed by atoms with Gasteiger partial charge in [-0.25, -0.2) is 9.18 Å². The van der Waals surface area contributed by atoms with E-state index in [1.807, 2.05) is 24.3 Å². The molecule has 2 aromatic carbocycles. The predicted octanol–water partition coefficient (Wildman–Crippen LogP) is 5.25. The van der Waals surface area contributed by atoms with Gasteiger partial charge in [-0.1, -0.05) is 29.8 Å². The van der Waals surface area contributed by atoms with E-state index in [0.717, 1.165) is 49.9 Å². The first-order valence-electron chi connectivity index (χ1n) is 11.8. The summed E-state index contributed by atoms with van der Waals surface area (Å²) in [6.45, 7) is 4.50. The average Bonchev–Trinajstić information content (AvgIpc) is 3.29. The molecule has 2 aliphatic heterocycles. The minimum atomic E-state index is -0.937. The Balaban J connectivity index is 0.00000274. The summed E-state index contributed by atoms with van der Waals surface area (Å²) >= 11 is 6.12. The minimum absolute atomic E-state index is 0. The fourth-order valence-electron chi connectivity index (χ4n) is 5.73. The van der Waals surface area contributed by atoms with Gasteiger partial charge in [0.15, 0.2) is 0 Å². The molecule has 34 heavy (non-hydrogen) atoms. The zero-order valence-corrected chi connectivity index (χ0v) is 20.8. The molecule has 0 radical (unpaired) electrons. The van der Waals surface area contributed by atoms with E-state index < -0.39 is 5.54 Å². The highest BCUT2D eigenvalue weighted by molar-refractivity contribution is 6.30. The average molecular weight is 506 g/mol. The first-order valence-corrected chi connectivity index (χ1v) is 12.2. The number of likely N-dealkylation sites (tertiary alicyclic amines) is 1. The van der Waals surface area contributed by atoms with Crippen molar-refractivity contribution in [3.8, 4) is 0 Å². The fourth-order valence-corrected chi connectivity index (χ4v) is 5.93. The third-order valence-corrected chi connectivity index (χ3v) is 7.97. The van der Waals surface area contributed by atoms with Gasteiger partial charge in [0.05, 0.1) is 0 Å².